The number of nitrogens with zero attached hydrogens (tertiary/aromatic N) is 2. The van der Waals surface area contributed by atoms with Crippen LogP contribution in [0.1, 0.15) is 22.3 Å². The van der Waals surface area contributed by atoms with Crippen LogP contribution in [0.2, 0.25) is 0 Å². The Labute approximate surface area is 123 Å². The normalized spacial score (nSPS) is 17.7. The van der Waals surface area contributed by atoms with Crippen LogP contribution in [0, 0.1) is 17.0 Å². The zero-order valence-electron chi connectivity index (χ0n) is 11.5. The number of aryl methyl sites for hydroxylation is 1. The highest BCUT2D eigenvalue weighted by Crippen LogP contribution is 2.21. The lowest BCUT2D eigenvalue weighted by molar-refractivity contribution is -0.385. The Bertz CT molecular complexity index is 522. The Hall–Kier alpha value is -1.66. The van der Waals surface area contributed by atoms with Gasteiger partial charge in [0, 0.05) is 36.3 Å². The highest BCUT2D eigenvalue weighted by Gasteiger charge is 2.26. The Morgan fingerprint density at radius 3 is 2.75 bits per heavy atom. The van der Waals surface area contributed by atoms with Gasteiger partial charge in [-0.3, -0.25) is 14.9 Å². The van der Waals surface area contributed by atoms with E-state index in [-0.39, 0.29) is 24.0 Å². The summed E-state index contributed by atoms with van der Waals surface area (Å²) >= 11 is 0. The maximum absolute atomic E-state index is 12.3. The molecule has 1 aliphatic heterocycles. The number of nitro benzene ring substituents is 1. The molecule has 2 rings (SSSR count). The van der Waals surface area contributed by atoms with E-state index in [4.69, 9.17) is 0 Å². The highest BCUT2D eigenvalue weighted by molar-refractivity contribution is 5.95. The molecule has 1 atom stereocenters. The maximum atomic E-state index is 12.3. The standard InChI is InChI=1S/C13H17N3O3.ClH/c1-9-3-4-10(7-12(9)16(18)19)13(17)15-6-5-11(8-15)14-2;/h3-4,7,11,14H,5-6,8H2,1-2H3;1H. The van der Waals surface area contributed by atoms with E-state index < -0.39 is 4.92 Å². The zero-order chi connectivity index (χ0) is 14.0. The minimum Gasteiger partial charge on any atom is -0.337 e. The molecule has 110 valence electrons. The summed E-state index contributed by atoms with van der Waals surface area (Å²) in [6.45, 7) is 3.00. The van der Waals surface area contributed by atoms with Crippen molar-refractivity contribution >= 4 is 24.0 Å². The van der Waals surface area contributed by atoms with Crippen LogP contribution in [0.3, 0.4) is 0 Å². The second-order valence-corrected chi connectivity index (χ2v) is 4.78. The summed E-state index contributed by atoms with van der Waals surface area (Å²) in [7, 11) is 1.87. The summed E-state index contributed by atoms with van der Waals surface area (Å²) in [5.74, 6) is -0.138. The summed E-state index contributed by atoms with van der Waals surface area (Å²) in [5, 5.41) is 14.0. The first-order valence-electron chi connectivity index (χ1n) is 6.24. The lowest BCUT2D eigenvalue weighted by Crippen LogP contribution is -2.33. The number of nitro groups is 1. The van der Waals surface area contributed by atoms with Gasteiger partial charge >= 0.3 is 0 Å². The van der Waals surface area contributed by atoms with Crippen molar-refractivity contribution < 1.29 is 9.72 Å². The van der Waals surface area contributed by atoms with Gasteiger partial charge in [0.2, 0.25) is 0 Å². The highest BCUT2D eigenvalue weighted by atomic mass is 35.5. The van der Waals surface area contributed by atoms with Crippen LogP contribution < -0.4 is 5.32 Å². The van der Waals surface area contributed by atoms with Crippen molar-refractivity contribution in [3.8, 4) is 0 Å². The molecular formula is C13H18ClN3O3. The third kappa shape index (κ3) is 3.26. The van der Waals surface area contributed by atoms with E-state index in [2.05, 4.69) is 5.32 Å². The lowest BCUT2D eigenvalue weighted by atomic mass is 10.1. The van der Waals surface area contributed by atoms with Crippen molar-refractivity contribution in [1.29, 1.82) is 0 Å². The molecule has 1 aromatic rings. The molecular weight excluding hydrogens is 282 g/mol. The van der Waals surface area contributed by atoms with Crippen LogP contribution >= 0.6 is 12.4 Å². The SMILES string of the molecule is CNC1CCN(C(=O)c2ccc(C)c([N+](=O)[O-])c2)C1.Cl. The fourth-order valence-corrected chi connectivity index (χ4v) is 2.30. The fraction of sp³-hybridized carbons (Fsp3) is 0.462. The number of carbonyl (C=O) groups excluding carboxylic acids is 1. The van der Waals surface area contributed by atoms with Gasteiger partial charge in [0.25, 0.3) is 11.6 Å². The van der Waals surface area contributed by atoms with E-state index in [1.807, 2.05) is 7.05 Å². The number of benzene rings is 1. The van der Waals surface area contributed by atoms with Crippen LogP contribution in [0.15, 0.2) is 18.2 Å². The van der Waals surface area contributed by atoms with Gasteiger partial charge in [-0.2, -0.15) is 0 Å². The lowest BCUT2D eigenvalue weighted by Gasteiger charge is -2.16. The average molecular weight is 300 g/mol. The number of carbonyl (C=O) groups is 1. The van der Waals surface area contributed by atoms with E-state index in [1.165, 1.54) is 6.07 Å². The molecule has 0 aliphatic carbocycles. The van der Waals surface area contributed by atoms with Crippen LogP contribution in [0.5, 0.6) is 0 Å². The third-order valence-corrected chi connectivity index (χ3v) is 3.54. The van der Waals surface area contributed by atoms with Crippen molar-refractivity contribution in [2.75, 3.05) is 20.1 Å². The molecule has 1 N–H and O–H groups in total. The molecule has 0 spiro atoms. The molecule has 6 nitrogen and oxygen atoms in total. The van der Waals surface area contributed by atoms with E-state index in [0.717, 1.165) is 6.42 Å². The first-order valence-corrected chi connectivity index (χ1v) is 6.24. The molecule has 1 heterocycles. The predicted molar refractivity (Wildman–Crippen MR) is 78.4 cm³/mol. The Kier molecular flexibility index (Phi) is 5.47. The fourth-order valence-electron chi connectivity index (χ4n) is 2.30. The van der Waals surface area contributed by atoms with Crippen molar-refractivity contribution in [3.05, 3.63) is 39.4 Å². The van der Waals surface area contributed by atoms with Gasteiger partial charge in [-0.15, -0.1) is 12.4 Å². The molecule has 1 fully saturated rings. The van der Waals surface area contributed by atoms with Crippen molar-refractivity contribution in [3.63, 3.8) is 0 Å². The molecule has 20 heavy (non-hydrogen) atoms. The summed E-state index contributed by atoms with van der Waals surface area (Å²) < 4.78 is 0. The van der Waals surface area contributed by atoms with Gasteiger partial charge in [0.15, 0.2) is 0 Å². The van der Waals surface area contributed by atoms with Crippen LogP contribution in [0.4, 0.5) is 5.69 Å². The van der Waals surface area contributed by atoms with E-state index in [9.17, 15) is 14.9 Å². The van der Waals surface area contributed by atoms with Gasteiger partial charge in [-0.25, -0.2) is 0 Å². The Morgan fingerprint density at radius 1 is 1.50 bits per heavy atom. The first-order chi connectivity index (χ1) is 9.02. The predicted octanol–water partition coefficient (Wildman–Crippen LogP) is 1.76. The minimum atomic E-state index is -0.452. The molecule has 1 aliphatic rings. The topological polar surface area (TPSA) is 75.5 Å². The Morgan fingerprint density at radius 2 is 2.20 bits per heavy atom. The second kappa shape index (κ2) is 6.67. The molecule has 1 unspecified atom stereocenters. The number of hydrogen-bond donors (Lipinski definition) is 1. The number of hydrogen-bond acceptors (Lipinski definition) is 4. The number of amides is 1. The number of halogens is 1. The summed E-state index contributed by atoms with van der Waals surface area (Å²) in [5.41, 5.74) is 0.945. The first kappa shape index (κ1) is 16.4. The smallest absolute Gasteiger partial charge is 0.273 e. The van der Waals surface area contributed by atoms with Gasteiger partial charge in [0.1, 0.15) is 0 Å². The quantitative estimate of drug-likeness (QED) is 0.681. The number of rotatable bonds is 3. The number of nitrogens with one attached hydrogen (secondary N) is 1. The van der Waals surface area contributed by atoms with E-state index >= 15 is 0 Å². The third-order valence-electron chi connectivity index (χ3n) is 3.54. The summed E-state index contributed by atoms with van der Waals surface area (Å²) in [4.78, 5) is 24.4. The molecule has 0 saturated carbocycles. The summed E-state index contributed by atoms with van der Waals surface area (Å²) in [6.07, 6.45) is 0.913. The number of likely N-dealkylation sites (tertiary alicyclic amines) is 1. The number of likely N-dealkylation sites (N-methyl/N-ethyl adjacent to an activating group) is 1. The zero-order valence-corrected chi connectivity index (χ0v) is 12.3. The van der Waals surface area contributed by atoms with Crippen molar-refractivity contribution in [2.24, 2.45) is 0 Å². The van der Waals surface area contributed by atoms with Gasteiger partial charge in [-0.05, 0) is 26.5 Å². The molecule has 1 amide bonds. The molecule has 0 radical (unpaired) electrons. The minimum absolute atomic E-state index is 0. The van der Waals surface area contributed by atoms with E-state index in [1.54, 1.807) is 24.0 Å². The molecule has 0 aromatic heterocycles. The van der Waals surface area contributed by atoms with Gasteiger partial charge in [0.05, 0.1) is 4.92 Å². The van der Waals surface area contributed by atoms with Crippen molar-refractivity contribution in [1.82, 2.24) is 10.2 Å². The van der Waals surface area contributed by atoms with Crippen molar-refractivity contribution in [2.45, 2.75) is 19.4 Å². The van der Waals surface area contributed by atoms with Gasteiger partial charge in [-0.1, -0.05) is 6.07 Å². The van der Waals surface area contributed by atoms with Crippen LogP contribution in [-0.4, -0.2) is 41.9 Å². The molecule has 7 heteroatoms. The molecule has 1 aromatic carbocycles. The summed E-state index contributed by atoms with van der Waals surface area (Å²) in [6, 6.07) is 4.95. The maximum Gasteiger partial charge on any atom is 0.273 e. The molecule has 1 saturated heterocycles. The monoisotopic (exact) mass is 299 g/mol. The second-order valence-electron chi connectivity index (χ2n) is 4.78. The van der Waals surface area contributed by atoms with Gasteiger partial charge < -0.3 is 10.2 Å². The average Bonchev–Trinajstić information content (AvgIpc) is 2.87. The van der Waals surface area contributed by atoms with Crippen LogP contribution in [-0.2, 0) is 0 Å². The van der Waals surface area contributed by atoms with Crippen LogP contribution in [0.25, 0.3) is 0 Å². The Balaban J connectivity index is 0.00000200. The van der Waals surface area contributed by atoms with E-state index in [0.29, 0.717) is 30.3 Å². The molecule has 0 bridgehead atoms. The largest absolute Gasteiger partial charge is 0.337 e.